The van der Waals surface area contributed by atoms with Crippen molar-refractivity contribution in [3.63, 3.8) is 0 Å². The number of esters is 1. The van der Waals surface area contributed by atoms with Crippen LogP contribution in [0.25, 0.3) is 0 Å². The third kappa shape index (κ3) is 5.80. The number of hydrogen-bond donors (Lipinski definition) is 1. The topological polar surface area (TPSA) is 87.0 Å². The van der Waals surface area contributed by atoms with Crippen LogP contribution < -0.4 is 19.5 Å². The molecule has 1 amide bonds. The summed E-state index contributed by atoms with van der Waals surface area (Å²) in [6.45, 7) is 0.360. The zero-order chi connectivity index (χ0) is 23.0. The second-order valence-corrected chi connectivity index (χ2v) is 7.01. The smallest absolute Gasteiger partial charge is 0.343 e. The number of methoxy groups -OCH3 is 1. The van der Waals surface area contributed by atoms with Crippen LogP contribution in [0.4, 0.5) is 5.69 Å². The molecule has 166 valence electrons. The molecule has 4 rings (SSSR count). The molecule has 0 saturated carbocycles. The predicted molar refractivity (Wildman–Crippen MR) is 122 cm³/mol. The Morgan fingerprint density at radius 1 is 0.848 bits per heavy atom. The lowest BCUT2D eigenvalue weighted by Gasteiger charge is -2.09. The minimum atomic E-state index is -0.507. The van der Waals surface area contributed by atoms with Gasteiger partial charge >= 0.3 is 5.97 Å². The molecule has 0 fully saturated rings. The molecule has 1 heterocycles. The van der Waals surface area contributed by atoms with Gasteiger partial charge in [-0.05, 0) is 66.2 Å². The van der Waals surface area contributed by atoms with Gasteiger partial charge < -0.3 is 23.9 Å². The molecule has 0 saturated heterocycles. The molecule has 0 unspecified atom stereocenters. The molecule has 0 bridgehead atoms. The van der Waals surface area contributed by atoms with Crippen LogP contribution in [-0.2, 0) is 6.61 Å². The molecule has 7 heteroatoms. The molecular formula is C26H21NO6. The Kier molecular flexibility index (Phi) is 6.70. The van der Waals surface area contributed by atoms with Gasteiger partial charge in [0.1, 0.15) is 23.9 Å². The van der Waals surface area contributed by atoms with Crippen molar-refractivity contribution in [1.82, 2.24) is 0 Å². The number of anilines is 1. The number of carbonyl (C=O) groups is 2. The van der Waals surface area contributed by atoms with Gasteiger partial charge in [0, 0.05) is 11.8 Å². The summed E-state index contributed by atoms with van der Waals surface area (Å²) in [6, 6.07) is 24.0. The monoisotopic (exact) mass is 443 g/mol. The molecule has 0 atom stereocenters. The predicted octanol–water partition coefficient (Wildman–Crippen LogP) is 5.34. The standard InChI is InChI=1S/C26H21NO6/c1-30-21-11-13-22(14-12-21)32-17-18-7-9-19(10-8-18)26(29)33-23-5-2-4-20(16-23)27-25(28)24-6-3-15-31-24/h2-16H,17H2,1H3,(H,27,28). The Labute approximate surface area is 190 Å². The van der Waals surface area contributed by atoms with Crippen LogP contribution in [0.3, 0.4) is 0 Å². The SMILES string of the molecule is COc1ccc(OCc2ccc(C(=O)Oc3cccc(NC(=O)c4ccco4)c3)cc2)cc1. The summed E-state index contributed by atoms with van der Waals surface area (Å²) in [5, 5.41) is 2.69. The van der Waals surface area contributed by atoms with Crippen LogP contribution in [0.15, 0.2) is 95.6 Å². The first kappa shape index (κ1) is 21.7. The second kappa shape index (κ2) is 10.2. The molecular weight excluding hydrogens is 422 g/mol. The zero-order valence-electron chi connectivity index (χ0n) is 17.8. The molecule has 33 heavy (non-hydrogen) atoms. The van der Waals surface area contributed by atoms with E-state index in [1.165, 1.54) is 6.26 Å². The molecule has 0 radical (unpaired) electrons. The summed E-state index contributed by atoms with van der Waals surface area (Å²) in [6.07, 6.45) is 1.42. The molecule has 7 nitrogen and oxygen atoms in total. The lowest BCUT2D eigenvalue weighted by Crippen LogP contribution is -2.12. The third-order valence-electron chi connectivity index (χ3n) is 4.70. The van der Waals surface area contributed by atoms with Gasteiger partial charge in [0.15, 0.2) is 5.76 Å². The van der Waals surface area contributed by atoms with Crippen molar-refractivity contribution in [3.8, 4) is 17.2 Å². The number of benzene rings is 3. The maximum absolute atomic E-state index is 12.5. The summed E-state index contributed by atoms with van der Waals surface area (Å²) in [5.74, 6) is 1.08. The Morgan fingerprint density at radius 2 is 1.61 bits per heavy atom. The first-order chi connectivity index (χ1) is 16.1. The van der Waals surface area contributed by atoms with Gasteiger partial charge in [-0.2, -0.15) is 0 Å². The van der Waals surface area contributed by atoms with Gasteiger partial charge in [0.05, 0.1) is 18.9 Å². The van der Waals surface area contributed by atoms with Crippen LogP contribution in [0.2, 0.25) is 0 Å². The van der Waals surface area contributed by atoms with Gasteiger partial charge in [-0.1, -0.05) is 18.2 Å². The van der Waals surface area contributed by atoms with Crippen molar-refractivity contribution in [2.24, 2.45) is 0 Å². The van der Waals surface area contributed by atoms with E-state index in [2.05, 4.69) is 5.32 Å². The van der Waals surface area contributed by atoms with Crippen molar-refractivity contribution in [2.45, 2.75) is 6.61 Å². The van der Waals surface area contributed by atoms with E-state index < -0.39 is 11.9 Å². The fourth-order valence-electron chi connectivity index (χ4n) is 2.98. The molecule has 1 N–H and O–H groups in total. The number of ether oxygens (including phenoxy) is 3. The highest BCUT2D eigenvalue weighted by molar-refractivity contribution is 6.02. The highest BCUT2D eigenvalue weighted by atomic mass is 16.5. The lowest BCUT2D eigenvalue weighted by molar-refractivity contribution is 0.0734. The maximum Gasteiger partial charge on any atom is 0.343 e. The van der Waals surface area contributed by atoms with Crippen molar-refractivity contribution < 1.29 is 28.2 Å². The van der Waals surface area contributed by atoms with E-state index >= 15 is 0 Å². The van der Waals surface area contributed by atoms with Gasteiger partial charge in [-0.3, -0.25) is 4.79 Å². The Hall–Kier alpha value is -4.52. The molecule has 0 aliphatic heterocycles. The quantitative estimate of drug-likeness (QED) is 0.292. The molecule has 0 aliphatic carbocycles. The van der Waals surface area contributed by atoms with E-state index in [0.29, 0.717) is 23.6 Å². The highest BCUT2D eigenvalue weighted by Gasteiger charge is 2.12. The summed E-state index contributed by atoms with van der Waals surface area (Å²) in [7, 11) is 1.61. The van der Waals surface area contributed by atoms with E-state index in [-0.39, 0.29) is 5.76 Å². The fourth-order valence-corrected chi connectivity index (χ4v) is 2.98. The number of nitrogens with one attached hydrogen (secondary N) is 1. The number of rotatable bonds is 8. The van der Waals surface area contributed by atoms with E-state index in [1.54, 1.807) is 67.8 Å². The summed E-state index contributed by atoms with van der Waals surface area (Å²) >= 11 is 0. The molecule has 0 aliphatic rings. The second-order valence-electron chi connectivity index (χ2n) is 7.01. The van der Waals surface area contributed by atoms with Crippen LogP contribution >= 0.6 is 0 Å². The van der Waals surface area contributed by atoms with Crippen molar-refractivity contribution in [2.75, 3.05) is 12.4 Å². The third-order valence-corrected chi connectivity index (χ3v) is 4.70. The van der Waals surface area contributed by atoms with E-state index in [0.717, 1.165) is 17.1 Å². The van der Waals surface area contributed by atoms with Gasteiger partial charge in [-0.15, -0.1) is 0 Å². The van der Waals surface area contributed by atoms with Crippen LogP contribution in [-0.4, -0.2) is 19.0 Å². The van der Waals surface area contributed by atoms with Crippen LogP contribution in [0.1, 0.15) is 26.5 Å². The maximum atomic E-state index is 12.5. The Bertz CT molecular complexity index is 1210. The van der Waals surface area contributed by atoms with Gasteiger partial charge in [0.25, 0.3) is 5.91 Å². The minimum absolute atomic E-state index is 0.188. The number of furan rings is 1. The van der Waals surface area contributed by atoms with Gasteiger partial charge in [0.2, 0.25) is 0 Å². The first-order valence-corrected chi connectivity index (χ1v) is 10.1. The normalized spacial score (nSPS) is 10.3. The van der Waals surface area contributed by atoms with E-state index in [4.69, 9.17) is 18.6 Å². The molecule has 0 spiro atoms. The Morgan fingerprint density at radius 3 is 2.30 bits per heavy atom. The van der Waals surface area contributed by atoms with Crippen molar-refractivity contribution in [3.05, 3.63) is 108 Å². The van der Waals surface area contributed by atoms with E-state index in [9.17, 15) is 9.59 Å². The number of hydrogen-bond acceptors (Lipinski definition) is 6. The molecule has 3 aromatic carbocycles. The average Bonchev–Trinajstić information content (AvgIpc) is 3.39. The molecule has 4 aromatic rings. The average molecular weight is 443 g/mol. The Balaban J connectivity index is 1.33. The van der Waals surface area contributed by atoms with Crippen molar-refractivity contribution >= 4 is 17.6 Å². The van der Waals surface area contributed by atoms with Crippen molar-refractivity contribution in [1.29, 1.82) is 0 Å². The van der Waals surface area contributed by atoms with Gasteiger partial charge in [-0.25, -0.2) is 4.79 Å². The first-order valence-electron chi connectivity index (χ1n) is 10.1. The molecule has 1 aromatic heterocycles. The van der Waals surface area contributed by atoms with E-state index in [1.807, 2.05) is 24.3 Å². The minimum Gasteiger partial charge on any atom is -0.497 e. The summed E-state index contributed by atoms with van der Waals surface area (Å²) < 4.78 is 21.4. The lowest BCUT2D eigenvalue weighted by atomic mass is 10.1. The summed E-state index contributed by atoms with van der Waals surface area (Å²) in [5.41, 5.74) is 1.78. The highest BCUT2D eigenvalue weighted by Crippen LogP contribution is 2.21. The summed E-state index contributed by atoms with van der Waals surface area (Å²) in [4.78, 5) is 24.6. The number of amides is 1. The van der Waals surface area contributed by atoms with Crippen LogP contribution in [0.5, 0.6) is 17.2 Å². The fraction of sp³-hybridized carbons (Fsp3) is 0.0769. The van der Waals surface area contributed by atoms with Crippen LogP contribution in [0, 0.1) is 0 Å². The number of carbonyl (C=O) groups excluding carboxylic acids is 2. The largest absolute Gasteiger partial charge is 0.497 e. The zero-order valence-corrected chi connectivity index (χ0v) is 17.8.